The van der Waals surface area contributed by atoms with E-state index in [-0.39, 0.29) is 5.76 Å². The van der Waals surface area contributed by atoms with Crippen LogP contribution in [0.15, 0.2) is 37.1 Å². The maximum absolute atomic E-state index is 10.1. The second-order valence-corrected chi connectivity index (χ2v) is 1.66. The Morgan fingerprint density at radius 3 is 2.17 bits per heavy atom. The molecule has 0 unspecified atom stereocenters. The SMILES string of the molecule is C=C/C=C(\C=C)OC(=O)Cl.CC. The smallest absolute Gasteiger partial charge is 0.409 e. The minimum atomic E-state index is -0.881. The van der Waals surface area contributed by atoms with E-state index in [9.17, 15) is 4.79 Å². The number of rotatable bonds is 3. The molecule has 3 heteroatoms. The van der Waals surface area contributed by atoms with Crippen molar-refractivity contribution in [3.8, 4) is 0 Å². The third-order valence-corrected chi connectivity index (χ3v) is 0.759. The first-order valence-electron chi connectivity index (χ1n) is 3.53. The molecule has 0 atom stereocenters. The molecule has 0 bridgehead atoms. The lowest BCUT2D eigenvalue weighted by atomic mass is 10.4. The Morgan fingerprint density at radius 1 is 1.42 bits per heavy atom. The lowest BCUT2D eigenvalue weighted by molar-refractivity contribution is 0.206. The van der Waals surface area contributed by atoms with Crippen LogP contribution in [-0.2, 0) is 4.74 Å². The first-order valence-corrected chi connectivity index (χ1v) is 3.91. The Hall–Kier alpha value is -1.02. The molecule has 0 aromatic heterocycles. The van der Waals surface area contributed by atoms with Crippen LogP contribution in [0.1, 0.15) is 13.8 Å². The van der Waals surface area contributed by atoms with E-state index >= 15 is 0 Å². The van der Waals surface area contributed by atoms with Crippen LogP contribution < -0.4 is 0 Å². The van der Waals surface area contributed by atoms with Crippen molar-refractivity contribution in [1.29, 1.82) is 0 Å². The Bertz CT molecular complexity index is 183. The summed E-state index contributed by atoms with van der Waals surface area (Å²) in [6.07, 6.45) is 4.31. The molecule has 0 aliphatic carbocycles. The highest BCUT2D eigenvalue weighted by molar-refractivity contribution is 6.61. The van der Waals surface area contributed by atoms with Crippen molar-refractivity contribution in [2.24, 2.45) is 0 Å². The maximum atomic E-state index is 10.1. The fraction of sp³-hybridized carbons (Fsp3) is 0.222. The molecule has 0 radical (unpaired) electrons. The van der Waals surface area contributed by atoms with Gasteiger partial charge in [-0.25, -0.2) is 4.79 Å². The van der Waals surface area contributed by atoms with Gasteiger partial charge in [-0.05, 0) is 12.2 Å². The average molecular weight is 189 g/mol. The minimum absolute atomic E-state index is 0.287. The second-order valence-electron chi connectivity index (χ2n) is 1.35. The molecule has 0 amide bonds. The lowest BCUT2D eigenvalue weighted by Gasteiger charge is -1.96. The molecule has 0 aliphatic rings. The predicted molar refractivity (Wildman–Crippen MR) is 52.2 cm³/mol. The van der Waals surface area contributed by atoms with Gasteiger partial charge in [-0.15, -0.1) is 0 Å². The summed E-state index contributed by atoms with van der Waals surface area (Å²) in [5.74, 6) is 0.287. The van der Waals surface area contributed by atoms with E-state index in [4.69, 9.17) is 11.6 Å². The molecule has 0 rings (SSSR count). The van der Waals surface area contributed by atoms with Gasteiger partial charge >= 0.3 is 5.43 Å². The fourth-order valence-electron chi connectivity index (χ4n) is 0.353. The molecule has 0 saturated heterocycles. The van der Waals surface area contributed by atoms with Crippen LogP contribution in [0.3, 0.4) is 0 Å². The summed E-state index contributed by atoms with van der Waals surface area (Å²) >= 11 is 4.90. The molecule has 0 aromatic rings. The summed E-state index contributed by atoms with van der Waals surface area (Å²) in [7, 11) is 0. The molecule has 0 spiro atoms. The van der Waals surface area contributed by atoms with Gasteiger partial charge in [0.05, 0.1) is 0 Å². The van der Waals surface area contributed by atoms with Crippen molar-refractivity contribution in [2.45, 2.75) is 13.8 Å². The lowest BCUT2D eigenvalue weighted by Crippen LogP contribution is -1.90. The third-order valence-electron chi connectivity index (χ3n) is 0.681. The zero-order valence-corrected chi connectivity index (χ0v) is 8.10. The van der Waals surface area contributed by atoms with Crippen molar-refractivity contribution in [2.75, 3.05) is 0 Å². The van der Waals surface area contributed by atoms with Crippen molar-refractivity contribution < 1.29 is 9.53 Å². The Kier molecular flexibility index (Phi) is 11.3. The van der Waals surface area contributed by atoms with E-state index in [1.807, 2.05) is 13.8 Å². The zero-order chi connectivity index (χ0) is 9.98. The van der Waals surface area contributed by atoms with Crippen LogP contribution in [-0.4, -0.2) is 5.43 Å². The van der Waals surface area contributed by atoms with Crippen molar-refractivity contribution in [3.63, 3.8) is 0 Å². The molecular formula is C9H13ClO2. The molecule has 0 fully saturated rings. The van der Waals surface area contributed by atoms with Gasteiger partial charge in [-0.3, -0.25) is 0 Å². The zero-order valence-electron chi connectivity index (χ0n) is 7.34. The van der Waals surface area contributed by atoms with Gasteiger partial charge in [-0.2, -0.15) is 0 Å². The number of carbonyl (C=O) groups is 1. The Labute approximate surface area is 78.2 Å². The second kappa shape index (κ2) is 9.98. The van der Waals surface area contributed by atoms with Crippen molar-refractivity contribution in [1.82, 2.24) is 0 Å². The van der Waals surface area contributed by atoms with E-state index in [0.29, 0.717) is 0 Å². The molecule has 0 saturated carbocycles. The van der Waals surface area contributed by atoms with E-state index in [0.717, 1.165) is 0 Å². The summed E-state index contributed by atoms with van der Waals surface area (Å²) in [6, 6.07) is 0. The Balaban J connectivity index is 0. The van der Waals surface area contributed by atoms with Gasteiger partial charge in [0.1, 0.15) is 5.76 Å². The van der Waals surface area contributed by atoms with E-state index in [1.54, 1.807) is 0 Å². The minimum Gasteiger partial charge on any atom is -0.415 e. The molecule has 0 N–H and O–H groups in total. The van der Waals surface area contributed by atoms with Crippen LogP contribution >= 0.6 is 11.6 Å². The standard InChI is InChI=1S/C7H7ClO2.C2H6/c1-3-5-6(4-2)10-7(8)9;1-2/h3-5H,1-2H2;1-2H3/b6-5+;. The topological polar surface area (TPSA) is 26.3 Å². The molecule has 0 heterocycles. The van der Waals surface area contributed by atoms with Gasteiger partial charge in [-0.1, -0.05) is 33.1 Å². The van der Waals surface area contributed by atoms with Gasteiger partial charge in [0.2, 0.25) is 0 Å². The van der Waals surface area contributed by atoms with E-state index in [2.05, 4.69) is 17.9 Å². The highest BCUT2D eigenvalue weighted by Crippen LogP contribution is 2.01. The first kappa shape index (κ1) is 13.6. The van der Waals surface area contributed by atoms with Crippen molar-refractivity contribution >= 4 is 17.0 Å². The van der Waals surface area contributed by atoms with Crippen LogP contribution in [0.25, 0.3) is 0 Å². The quantitative estimate of drug-likeness (QED) is 0.384. The Morgan fingerprint density at radius 2 is 1.92 bits per heavy atom. The van der Waals surface area contributed by atoms with E-state index in [1.165, 1.54) is 18.2 Å². The van der Waals surface area contributed by atoms with Crippen LogP contribution in [0, 0.1) is 0 Å². The largest absolute Gasteiger partial charge is 0.415 e. The third kappa shape index (κ3) is 8.98. The highest BCUT2D eigenvalue weighted by atomic mass is 35.5. The monoisotopic (exact) mass is 188 g/mol. The fourth-order valence-corrected chi connectivity index (χ4v) is 0.442. The van der Waals surface area contributed by atoms with Gasteiger partial charge < -0.3 is 4.74 Å². The summed E-state index contributed by atoms with van der Waals surface area (Å²) in [5, 5.41) is 0. The molecule has 2 nitrogen and oxygen atoms in total. The van der Waals surface area contributed by atoms with Gasteiger partial charge in [0.25, 0.3) is 0 Å². The number of halogens is 1. The number of ether oxygens (including phenoxy) is 1. The number of hydrogen-bond acceptors (Lipinski definition) is 2. The van der Waals surface area contributed by atoms with Crippen LogP contribution in [0.4, 0.5) is 4.79 Å². The molecule has 12 heavy (non-hydrogen) atoms. The van der Waals surface area contributed by atoms with Crippen molar-refractivity contribution in [3.05, 3.63) is 37.1 Å². The molecule has 0 aromatic carbocycles. The highest BCUT2D eigenvalue weighted by Gasteiger charge is 1.96. The maximum Gasteiger partial charge on any atom is 0.409 e. The first-order chi connectivity index (χ1) is 5.70. The predicted octanol–water partition coefficient (Wildman–Crippen LogP) is 3.64. The van der Waals surface area contributed by atoms with Gasteiger partial charge in [0.15, 0.2) is 0 Å². The molecule has 0 aliphatic heterocycles. The summed E-state index contributed by atoms with van der Waals surface area (Å²) in [6.45, 7) is 10.8. The molecule has 68 valence electrons. The van der Waals surface area contributed by atoms with E-state index < -0.39 is 5.43 Å². The normalized spacial score (nSPS) is 9.08. The summed E-state index contributed by atoms with van der Waals surface area (Å²) in [4.78, 5) is 10.1. The van der Waals surface area contributed by atoms with Crippen LogP contribution in [0.5, 0.6) is 0 Å². The summed E-state index contributed by atoms with van der Waals surface area (Å²) in [5.41, 5.74) is -0.881. The number of hydrogen-bond donors (Lipinski definition) is 0. The average Bonchev–Trinajstić information content (AvgIpc) is 2.07. The summed E-state index contributed by atoms with van der Waals surface area (Å²) < 4.78 is 4.44. The van der Waals surface area contributed by atoms with Crippen LogP contribution in [0.2, 0.25) is 0 Å². The number of allylic oxidation sites excluding steroid dienone is 3. The number of carbonyl (C=O) groups excluding carboxylic acids is 1. The van der Waals surface area contributed by atoms with Gasteiger partial charge in [0, 0.05) is 11.6 Å². The molecular weight excluding hydrogens is 176 g/mol.